The maximum atomic E-state index is 11.7. The van der Waals surface area contributed by atoms with Crippen LogP contribution in [0.4, 0.5) is 0 Å². The SMILES string of the molecule is CC(=O)NCCc1cc(=O)[nH]c(Cc2c(Cl)cccc2Cl)n1. The third kappa shape index (κ3) is 4.58. The number of halogens is 2. The third-order valence-corrected chi connectivity index (χ3v) is 3.71. The van der Waals surface area contributed by atoms with E-state index in [-0.39, 0.29) is 11.5 Å². The summed E-state index contributed by atoms with van der Waals surface area (Å²) < 4.78 is 0. The lowest BCUT2D eigenvalue weighted by atomic mass is 10.1. The Labute approximate surface area is 137 Å². The van der Waals surface area contributed by atoms with Crippen LogP contribution in [0.25, 0.3) is 0 Å². The second-order valence-electron chi connectivity index (χ2n) is 4.79. The number of H-pyrrole nitrogens is 1. The summed E-state index contributed by atoms with van der Waals surface area (Å²) in [5, 5.41) is 3.72. The van der Waals surface area contributed by atoms with Gasteiger partial charge in [-0.1, -0.05) is 29.3 Å². The van der Waals surface area contributed by atoms with Gasteiger partial charge in [0.1, 0.15) is 5.82 Å². The van der Waals surface area contributed by atoms with E-state index in [1.807, 2.05) is 0 Å². The Hall–Kier alpha value is -1.85. The molecule has 116 valence electrons. The van der Waals surface area contributed by atoms with Crippen LogP contribution in [0.3, 0.4) is 0 Å². The van der Waals surface area contributed by atoms with E-state index >= 15 is 0 Å². The zero-order valence-electron chi connectivity index (χ0n) is 12.0. The molecule has 0 radical (unpaired) electrons. The monoisotopic (exact) mass is 339 g/mol. The van der Waals surface area contributed by atoms with Crippen molar-refractivity contribution >= 4 is 29.1 Å². The van der Waals surface area contributed by atoms with Gasteiger partial charge in [-0.05, 0) is 17.7 Å². The Bertz CT molecular complexity index is 724. The van der Waals surface area contributed by atoms with Gasteiger partial charge in [0.2, 0.25) is 5.91 Å². The van der Waals surface area contributed by atoms with E-state index in [2.05, 4.69) is 15.3 Å². The minimum atomic E-state index is -0.244. The molecule has 2 N–H and O–H groups in total. The Morgan fingerprint density at radius 1 is 1.32 bits per heavy atom. The zero-order chi connectivity index (χ0) is 16.1. The van der Waals surface area contributed by atoms with Crippen LogP contribution < -0.4 is 10.9 Å². The van der Waals surface area contributed by atoms with Crippen molar-refractivity contribution < 1.29 is 4.79 Å². The van der Waals surface area contributed by atoms with Gasteiger partial charge >= 0.3 is 0 Å². The number of aromatic amines is 1. The van der Waals surface area contributed by atoms with E-state index in [9.17, 15) is 9.59 Å². The number of hydrogen-bond donors (Lipinski definition) is 2. The molecule has 1 amide bonds. The number of nitrogens with one attached hydrogen (secondary N) is 2. The molecule has 0 spiro atoms. The number of benzene rings is 1. The number of hydrogen-bond acceptors (Lipinski definition) is 3. The second kappa shape index (κ2) is 7.42. The summed E-state index contributed by atoms with van der Waals surface area (Å²) >= 11 is 12.3. The first-order valence-corrected chi connectivity index (χ1v) is 7.47. The summed E-state index contributed by atoms with van der Waals surface area (Å²) in [6, 6.07) is 6.65. The van der Waals surface area contributed by atoms with Crippen molar-refractivity contribution in [1.29, 1.82) is 0 Å². The number of aromatic nitrogens is 2. The first kappa shape index (κ1) is 16.5. The average Bonchev–Trinajstić information content (AvgIpc) is 2.42. The van der Waals surface area contributed by atoms with Crippen LogP contribution in [0.2, 0.25) is 10.0 Å². The van der Waals surface area contributed by atoms with Crippen molar-refractivity contribution in [1.82, 2.24) is 15.3 Å². The molecular formula is C15H15Cl2N3O2. The fraction of sp³-hybridized carbons (Fsp3) is 0.267. The molecule has 0 bridgehead atoms. The van der Waals surface area contributed by atoms with Crippen molar-refractivity contribution in [3.8, 4) is 0 Å². The third-order valence-electron chi connectivity index (χ3n) is 3.00. The molecule has 2 aromatic rings. The molecule has 0 aliphatic rings. The van der Waals surface area contributed by atoms with E-state index in [4.69, 9.17) is 23.2 Å². The van der Waals surface area contributed by atoms with Gasteiger partial charge < -0.3 is 10.3 Å². The quantitative estimate of drug-likeness (QED) is 0.877. The maximum absolute atomic E-state index is 11.7. The van der Waals surface area contributed by atoms with Gasteiger partial charge in [-0.2, -0.15) is 0 Å². The van der Waals surface area contributed by atoms with E-state index in [1.165, 1.54) is 13.0 Å². The van der Waals surface area contributed by atoms with Gasteiger partial charge in [0.25, 0.3) is 5.56 Å². The van der Waals surface area contributed by atoms with Gasteiger partial charge in [0, 0.05) is 48.1 Å². The number of carbonyl (C=O) groups excluding carboxylic acids is 1. The highest BCUT2D eigenvalue weighted by Gasteiger charge is 2.09. The van der Waals surface area contributed by atoms with Gasteiger partial charge in [0.05, 0.1) is 0 Å². The summed E-state index contributed by atoms with van der Waals surface area (Å²) in [5.74, 6) is 0.369. The van der Waals surface area contributed by atoms with Gasteiger partial charge in [0.15, 0.2) is 0 Å². The summed E-state index contributed by atoms with van der Waals surface area (Å²) in [5.41, 5.74) is 1.08. The molecule has 0 aliphatic carbocycles. The van der Waals surface area contributed by atoms with Crippen molar-refractivity contribution in [2.45, 2.75) is 19.8 Å². The van der Waals surface area contributed by atoms with Crippen molar-refractivity contribution in [3.63, 3.8) is 0 Å². The summed E-state index contributed by atoms with van der Waals surface area (Å²) in [4.78, 5) is 29.6. The van der Waals surface area contributed by atoms with Crippen LogP contribution in [0.15, 0.2) is 29.1 Å². The fourth-order valence-electron chi connectivity index (χ4n) is 2.01. The minimum absolute atomic E-state index is 0.118. The lowest BCUT2D eigenvalue weighted by Crippen LogP contribution is -2.23. The van der Waals surface area contributed by atoms with Crippen molar-refractivity contribution in [3.05, 3.63) is 61.7 Å². The Balaban J connectivity index is 2.19. The second-order valence-corrected chi connectivity index (χ2v) is 5.61. The molecule has 0 atom stereocenters. The van der Waals surface area contributed by atoms with Gasteiger partial charge in [-0.15, -0.1) is 0 Å². The average molecular weight is 340 g/mol. The lowest BCUT2D eigenvalue weighted by molar-refractivity contribution is -0.118. The van der Waals surface area contributed by atoms with Crippen molar-refractivity contribution in [2.24, 2.45) is 0 Å². The smallest absolute Gasteiger partial charge is 0.251 e. The highest BCUT2D eigenvalue weighted by atomic mass is 35.5. The molecule has 22 heavy (non-hydrogen) atoms. The summed E-state index contributed by atoms with van der Waals surface area (Å²) in [6.45, 7) is 1.87. The molecule has 1 aromatic carbocycles. The Kier molecular flexibility index (Phi) is 5.57. The van der Waals surface area contributed by atoms with Crippen LogP contribution in [0.5, 0.6) is 0 Å². The van der Waals surface area contributed by atoms with E-state index in [0.29, 0.717) is 46.5 Å². The van der Waals surface area contributed by atoms with E-state index in [1.54, 1.807) is 18.2 Å². The van der Waals surface area contributed by atoms with Crippen LogP contribution in [-0.2, 0) is 17.6 Å². The van der Waals surface area contributed by atoms with Crippen LogP contribution in [-0.4, -0.2) is 22.4 Å². The molecule has 0 aliphatic heterocycles. The predicted octanol–water partition coefficient (Wildman–Crippen LogP) is 2.35. The van der Waals surface area contributed by atoms with Crippen LogP contribution in [0, 0.1) is 0 Å². The normalized spacial score (nSPS) is 10.5. The zero-order valence-corrected chi connectivity index (χ0v) is 13.5. The summed E-state index contributed by atoms with van der Waals surface area (Å²) in [7, 11) is 0. The largest absolute Gasteiger partial charge is 0.356 e. The molecule has 0 saturated carbocycles. The van der Waals surface area contributed by atoms with Crippen molar-refractivity contribution in [2.75, 3.05) is 6.54 Å². The first-order valence-electron chi connectivity index (χ1n) is 6.72. The molecule has 0 unspecified atom stereocenters. The maximum Gasteiger partial charge on any atom is 0.251 e. The Morgan fingerprint density at radius 2 is 2.00 bits per heavy atom. The van der Waals surface area contributed by atoms with Gasteiger partial charge in [-0.25, -0.2) is 4.98 Å². The highest BCUT2D eigenvalue weighted by Crippen LogP contribution is 2.25. The molecule has 1 heterocycles. The Morgan fingerprint density at radius 3 is 2.64 bits per heavy atom. The topological polar surface area (TPSA) is 74.8 Å². The molecular weight excluding hydrogens is 325 g/mol. The molecule has 0 fully saturated rings. The number of amides is 1. The fourth-order valence-corrected chi connectivity index (χ4v) is 2.54. The van der Waals surface area contributed by atoms with Gasteiger partial charge in [-0.3, -0.25) is 9.59 Å². The molecule has 1 aromatic heterocycles. The van der Waals surface area contributed by atoms with Crippen LogP contribution >= 0.6 is 23.2 Å². The molecule has 5 nitrogen and oxygen atoms in total. The summed E-state index contributed by atoms with van der Waals surface area (Å²) in [6.07, 6.45) is 0.814. The number of rotatable bonds is 5. The number of carbonyl (C=O) groups is 1. The molecule has 7 heteroatoms. The minimum Gasteiger partial charge on any atom is -0.356 e. The van der Waals surface area contributed by atoms with E-state index in [0.717, 1.165) is 0 Å². The lowest BCUT2D eigenvalue weighted by Gasteiger charge is -2.08. The molecule has 2 rings (SSSR count). The molecule has 0 saturated heterocycles. The van der Waals surface area contributed by atoms with E-state index < -0.39 is 0 Å². The number of nitrogens with zero attached hydrogens (tertiary/aromatic N) is 1. The highest BCUT2D eigenvalue weighted by molar-refractivity contribution is 6.36. The van der Waals surface area contributed by atoms with Crippen LogP contribution in [0.1, 0.15) is 24.0 Å². The first-order chi connectivity index (χ1) is 10.5. The predicted molar refractivity (Wildman–Crippen MR) is 86.5 cm³/mol. The standard InChI is InChI=1S/C15H15Cl2N3O2/c1-9(21)18-6-5-10-7-15(22)20-14(19-10)8-11-12(16)3-2-4-13(11)17/h2-4,7H,5-6,8H2,1H3,(H,18,21)(H,19,20,22).